The van der Waals surface area contributed by atoms with Gasteiger partial charge in [0.2, 0.25) is 5.91 Å². The molecule has 0 atom stereocenters. The second kappa shape index (κ2) is 11.0. The summed E-state index contributed by atoms with van der Waals surface area (Å²) >= 11 is 3.30. The minimum absolute atomic E-state index is 0. The summed E-state index contributed by atoms with van der Waals surface area (Å²) in [6, 6.07) is 0. The lowest BCUT2D eigenvalue weighted by atomic mass is 9.97. The molecule has 0 spiro atoms. The number of thiophene rings is 1. The number of H-pyrrole nitrogens is 1. The van der Waals surface area contributed by atoms with Gasteiger partial charge >= 0.3 is 0 Å². The SMILES string of the molecule is CCNCCNC(=O)CCSCc1nc2sc3c(c2c(=O)[nH]1)CCCC3.Cl. The zero-order valence-corrected chi connectivity index (χ0v) is 18.0. The molecule has 1 aliphatic rings. The summed E-state index contributed by atoms with van der Waals surface area (Å²) in [5.41, 5.74) is 1.21. The van der Waals surface area contributed by atoms with Crippen LogP contribution in [0.15, 0.2) is 4.79 Å². The number of rotatable bonds is 9. The van der Waals surface area contributed by atoms with Crippen LogP contribution < -0.4 is 16.2 Å². The highest BCUT2D eigenvalue weighted by Crippen LogP contribution is 2.33. The fourth-order valence-corrected chi connectivity index (χ4v) is 5.25. The lowest BCUT2D eigenvalue weighted by Crippen LogP contribution is -2.31. The van der Waals surface area contributed by atoms with E-state index in [0.717, 1.165) is 48.3 Å². The number of nitrogens with zero attached hydrogens (tertiary/aromatic N) is 1. The molecule has 150 valence electrons. The third kappa shape index (κ3) is 5.94. The first-order valence-electron chi connectivity index (χ1n) is 9.27. The molecule has 0 saturated heterocycles. The molecule has 0 radical (unpaired) electrons. The summed E-state index contributed by atoms with van der Waals surface area (Å²) < 4.78 is 0. The van der Waals surface area contributed by atoms with Gasteiger partial charge in [0, 0.05) is 30.1 Å². The molecule has 0 saturated carbocycles. The number of nitrogens with one attached hydrogen (secondary N) is 3. The van der Waals surface area contributed by atoms with Gasteiger partial charge in [-0.1, -0.05) is 6.92 Å². The zero-order valence-electron chi connectivity index (χ0n) is 15.6. The number of amides is 1. The average molecular weight is 431 g/mol. The van der Waals surface area contributed by atoms with Crippen LogP contribution in [0.3, 0.4) is 0 Å². The van der Waals surface area contributed by atoms with Crippen LogP contribution in [0.4, 0.5) is 0 Å². The number of thioether (sulfide) groups is 1. The zero-order chi connectivity index (χ0) is 18.4. The third-order valence-electron chi connectivity index (χ3n) is 4.46. The Bertz CT molecular complexity index is 822. The van der Waals surface area contributed by atoms with Gasteiger partial charge in [-0.05, 0) is 37.8 Å². The van der Waals surface area contributed by atoms with E-state index in [0.29, 0.717) is 24.5 Å². The molecule has 0 fully saturated rings. The lowest BCUT2D eigenvalue weighted by molar-refractivity contribution is -0.120. The van der Waals surface area contributed by atoms with E-state index in [1.165, 1.54) is 16.9 Å². The summed E-state index contributed by atoms with van der Waals surface area (Å²) in [4.78, 5) is 34.0. The summed E-state index contributed by atoms with van der Waals surface area (Å²) in [5, 5.41) is 6.86. The summed E-state index contributed by atoms with van der Waals surface area (Å²) in [6.07, 6.45) is 4.92. The minimum atomic E-state index is -0.00818. The Labute approximate surface area is 173 Å². The van der Waals surface area contributed by atoms with E-state index >= 15 is 0 Å². The molecular weight excluding hydrogens is 404 g/mol. The Morgan fingerprint density at radius 2 is 2.11 bits per heavy atom. The molecule has 9 heteroatoms. The second-order valence-corrected chi connectivity index (χ2v) is 8.60. The highest BCUT2D eigenvalue weighted by molar-refractivity contribution is 7.98. The number of carbonyl (C=O) groups excluding carboxylic acids is 1. The molecule has 6 nitrogen and oxygen atoms in total. The summed E-state index contributed by atoms with van der Waals surface area (Å²) in [7, 11) is 0. The first-order valence-corrected chi connectivity index (χ1v) is 11.2. The molecule has 0 aromatic carbocycles. The molecule has 2 aromatic rings. The largest absolute Gasteiger partial charge is 0.355 e. The Balaban J connectivity index is 0.00000261. The van der Waals surface area contributed by atoms with Crippen LogP contribution in [-0.4, -0.2) is 41.3 Å². The molecule has 1 amide bonds. The van der Waals surface area contributed by atoms with Crippen LogP contribution in [-0.2, 0) is 23.4 Å². The Hall–Kier alpha value is -1.09. The first-order chi connectivity index (χ1) is 12.7. The Kier molecular flexibility index (Phi) is 9.08. The van der Waals surface area contributed by atoms with Gasteiger partial charge in [0.05, 0.1) is 11.1 Å². The van der Waals surface area contributed by atoms with Crippen molar-refractivity contribution in [2.75, 3.05) is 25.4 Å². The van der Waals surface area contributed by atoms with Crippen molar-refractivity contribution in [1.82, 2.24) is 20.6 Å². The molecule has 3 N–H and O–H groups in total. The molecule has 0 aliphatic heterocycles. The van der Waals surface area contributed by atoms with E-state index in [-0.39, 0.29) is 23.9 Å². The van der Waals surface area contributed by atoms with Crippen LogP contribution in [0.1, 0.15) is 42.5 Å². The van der Waals surface area contributed by atoms with Crippen LogP contribution in [0.5, 0.6) is 0 Å². The Morgan fingerprint density at radius 1 is 1.30 bits per heavy atom. The van der Waals surface area contributed by atoms with Gasteiger partial charge in [-0.15, -0.1) is 23.7 Å². The summed E-state index contributed by atoms with van der Waals surface area (Å²) in [5.74, 6) is 2.12. The van der Waals surface area contributed by atoms with Crippen molar-refractivity contribution in [2.45, 2.75) is 44.8 Å². The maximum absolute atomic E-state index is 12.5. The van der Waals surface area contributed by atoms with Gasteiger partial charge in [-0.2, -0.15) is 11.8 Å². The topological polar surface area (TPSA) is 86.9 Å². The van der Waals surface area contributed by atoms with Crippen molar-refractivity contribution in [2.24, 2.45) is 0 Å². The Morgan fingerprint density at radius 3 is 2.93 bits per heavy atom. The van der Waals surface area contributed by atoms with Gasteiger partial charge < -0.3 is 15.6 Å². The minimum Gasteiger partial charge on any atom is -0.355 e. The molecule has 2 heterocycles. The molecule has 3 rings (SSSR count). The maximum atomic E-state index is 12.5. The van der Waals surface area contributed by atoms with Gasteiger partial charge in [0.15, 0.2) is 0 Å². The summed E-state index contributed by atoms with van der Waals surface area (Å²) in [6.45, 7) is 4.41. The van der Waals surface area contributed by atoms with Crippen molar-refractivity contribution in [3.05, 3.63) is 26.6 Å². The highest BCUT2D eigenvalue weighted by atomic mass is 35.5. The monoisotopic (exact) mass is 430 g/mol. The predicted molar refractivity (Wildman–Crippen MR) is 116 cm³/mol. The fraction of sp³-hybridized carbons (Fsp3) is 0.611. The van der Waals surface area contributed by atoms with Crippen molar-refractivity contribution in [3.63, 3.8) is 0 Å². The van der Waals surface area contributed by atoms with E-state index in [1.807, 2.05) is 6.92 Å². The van der Waals surface area contributed by atoms with E-state index in [2.05, 4.69) is 20.6 Å². The normalized spacial score (nSPS) is 13.2. The highest BCUT2D eigenvalue weighted by Gasteiger charge is 2.19. The molecule has 1 aliphatic carbocycles. The van der Waals surface area contributed by atoms with Gasteiger partial charge in [0.25, 0.3) is 5.56 Å². The van der Waals surface area contributed by atoms with Crippen molar-refractivity contribution in [3.8, 4) is 0 Å². The van der Waals surface area contributed by atoms with Crippen LogP contribution in [0, 0.1) is 0 Å². The molecule has 2 aromatic heterocycles. The quantitative estimate of drug-likeness (QED) is 0.532. The molecule has 27 heavy (non-hydrogen) atoms. The first kappa shape index (κ1) is 22.2. The number of hydrogen-bond acceptors (Lipinski definition) is 6. The van der Waals surface area contributed by atoms with Crippen LogP contribution >= 0.6 is 35.5 Å². The van der Waals surface area contributed by atoms with Gasteiger partial charge in [-0.25, -0.2) is 4.98 Å². The van der Waals surface area contributed by atoms with Crippen molar-refractivity contribution < 1.29 is 4.79 Å². The number of hydrogen-bond donors (Lipinski definition) is 3. The van der Waals surface area contributed by atoms with Crippen LogP contribution in [0.25, 0.3) is 10.2 Å². The number of aryl methyl sites for hydroxylation is 2. The predicted octanol–water partition coefficient (Wildman–Crippen LogP) is 2.63. The molecule has 0 unspecified atom stereocenters. The maximum Gasteiger partial charge on any atom is 0.259 e. The van der Waals surface area contributed by atoms with Gasteiger partial charge in [0.1, 0.15) is 10.7 Å². The smallest absolute Gasteiger partial charge is 0.259 e. The van der Waals surface area contributed by atoms with E-state index in [9.17, 15) is 9.59 Å². The fourth-order valence-electron chi connectivity index (χ4n) is 3.17. The van der Waals surface area contributed by atoms with Crippen molar-refractivity contribution >= 4 is 51.6 Å². The van der Waals surface area contributed by atoms with Crippen molar-refractivity contribution in [1.29, 1.82) is 0 Å². The third-order valence-corrected chi connectivity index (χ3v) is 6.62. The number of halogens is 1. The molecule has 0 bridgehead atoms. The molecular formula is C18H27ClN4O2S2. The lowest BCUT2D eigenvalue weighted by Gasteiger charge is -2.09. The number of aromatic nitrogens is 2. The standard InChI is InChI=1S/C18H26N4O2S2.ClH/c1-2-19-8-9-20-15(23)7-10-25-11-14-21-17(24)16-12-5-3-4-6-13(12)26-18(16)22-14;/h19H,2-11H2,1H3,(H,20,23)(H,21,22,24);1H. The number of aromatic amines is 1. The average Bonchev–Trinajstić information content (AvgIpc) is 3.01. The number of carbonyl (C=O) groups is 1. The number of likely N-dealkylation sites (N-methyl/N-ethyl adjacent to an activating group) is 1. The van der Waals surface area contributed by atoms with E-state index in [4.69, 9.17) is 0 Å². The van der Waals surface area contributed by atoms with Crippen LogP contribution in [0.2, 0.25) is 0 Å². The van der Waals surface area contributed by atoms with E-state index in [1.54, 1.807) is 23.1 Å². The second-order valence-electron chi connectivity index (χ2n) is 6.41. The van der Waals surface area contributed by atoms with E-state index < -0.39 is 0 Å². The van der Waals surface area contributed by atoms with Gasteiger partial charge in [-0.3, -0.25) is 9.59 Å². The number of fused-ring (bicyclic) bond motifs is 3.